The van der Waals surface area contributed by atoms with E-state index in [0.29, 0.717) is 11.7 Å². The molecule has 2 rings (SSSR count). The normalized spacial score (nSPS) is 21.9. The summed E-state index contributed by atoms with van der Waals surface area (Å²) in [6.45, 7) is 6.22. The smallest absolute Gasteiger partial charge is 0.145 e. The van der Waals surface area contributed by atoms with E-state index in [1.54, 1.807) is 0 Å². The molecule has 0 aliphatic carbocycles. The van der Waals surface area contributed by atoms with Crippen molar-refractivity contribution < 1.29 is 0 Å². The van der Waals surface area contributed by atoms with Gasteiger partial charge in [-0.15, -0.1) is 0 Å². The van der Waals surface area contributed by atoms with Gasteiger partial charge in [0.05, 0.1) is 6.07 Å². The summed E-state index contributed by atoms with van der Waals surface area (Å²) < 4.78 is 0. The van der Waals surface area contributed by atoms with E-state index in [1.165, 1.54) is 19.4 Å². The molecule has 2 atom stereocenters. The molecule has 19 heavy (non-hydrogen) atoms. The van der Waals surface area contributed by atoms with Crippen molar-refractivity contribution in [3.05, 3.63) is 23.3 Å². The molecule has 4 nitrogen and oxygen atoms in total. The second-order valence-electron chi connectivity index (χ2n) is 5.48. The van der Waals surface area contributed by atoms with E-state index in [2.05, 4.69) is 34.1 Å². The van der Waals surface area contributed by atoms with Gasteiger partial charge in [0.25, 0.3) is 0 Å². The molecule has 1 saturated heterocycles. The quantitative estimate of drug-likeness (QED) is 0.836. The number of hydrogen-bond acceptors (Lipinski definition) is 4. The summed E-state index contributed by atoms with van der Waals surface area (Å²) in [5, 5.41) is 9.18. The van der Waals surface area contributed by atoms with Gasteiger partial charge in [0.1, 0.15) is 11.7 Å². The SMILES string of the molecule is CCC(C#N)c1nc(C)cc(C2CCCN(C)C2)n1. The van der Waals surface area contributed by atoms with Gasteiger partial charge in [-0.1, -0.05) is 6.92 Å². The molecule has 2 unspecified atom stereocenters. The van der Waals surface area contributed by atoms with Crippen molar-refractivity contribution in [3.63, 3.8) is 0 Å². The molecule has 1 fully saturated rings. The van der Waals surface area contributed by atoms with Crippen LogP contribution in [0.15, 0.2) is 6.07 Å². The highest BCUT2D eigenvalue weighted by molar-refractivity contribution is 5.19. The summed E-state index contributed by atoms with van der Waals surface area (Å²) in [5.41, 5.74) is 2.09. The van der Waals surface area contributed by atoms with Crippen molar-refractivity contribution in [2.24, 2.45) is 0 Å². The molecule has 2 heterocycles. The lowest BCUT2D eigenvalue weighted by Crippen LogP contribution is -2.31. The third-order valence-corrected chi connectivity index (χ3v) is 3.81. The summed E-state index contributed by atoms with van der Waals surface area (Å²) in [6.07, 6.45) is 3.17. The predicted octanol–water partition coefficient (Wildman–Crippen LogP) is 2.61. The van der Waals surface area contributed by atoms with Crippen LogP contribution >= 0.6 is 0 Å². The zero-order valence-corrected chi connectivity index (χ0v) is 12.1. The Balaban J connectivity index is 2.28. The van der Waals surface area contributed by atoms with Crippen molar-refractivity contribution in [1.29, 1.82) is 5.26 Å². The Labute approximate surface area is 115 Å². The molecule has 1 aliphatic heterocycles. The molecule has 0 N–H and O–H groups in total. The second kappa shape index (κ2) is 6.12. The van der Waals surface area contributed by atoms with E-state index >= 15 is 0 Å². The molecule has 0 amide bonds. The summed E-state index contributed by atoms with van der Waals surface area (Å²) in [6, 6.07) is 4.38. The van der Waals surface area contributed by atoms with Gasteiger partial charge < -0.3 is 4.90 Å². The highest BCUT2D eigenvalue weighted by atomic mass is 15.1. The van der Waals surface area contributed by atoms with E-state index in [0.717, 1.165) is 24.4 Å². The Morgan fingerprint density at radius 2 is 2.32 bits per heavy atom. The summed E-state index contributed by atoms with van der Waals surface area (Å²) in [5.74, 6) is 1.00. The molecule has 0 radical (unpaired) electrons. The molecule has 1 aromatic heterocycles. The number of hydrogen-bond donors (Lipinski definition) is 0. The zero-order chi connectivity index (χ0) is 13.8. The van der Waals surface area contributed by atoms with Gasteiger partial charge in [-0.3, -0.25) is 0 Å². The number of piperidine rings is 1. The Kier molecular flexibility index (Phi) is 4.49. The molecule has 0 spiro atoms. The first-order chi connectivity index (χ1) is 9.13. The van der Waals surface area contributed by atoms with Crippen LogP contribution in [-0.2, 0) is 0 Å². The molecule has 1 aliphatic rings. The molecule has 4 heteroatoms. The van der Waals surface area contributed by atoms with Crippen LogP contribution in [0, 0.1) is 18.3 Å². The monoisotopic (exact) mass is 258 g/mol. The minimum absolute atomic E-state index is 0.181. The van der Waals surface area contributed by atoms with Crippen LogP contribution in [0.4, 0.5) is 0 Å². The van der Waals surface area contributed by atoms with Gasteiger partial charge in [-0.25, -0.2) is 9.97 Å². The van der Waals surface area contributed by atoms with Crippen molar-refractivity contribution in [2.75, 3.05) is 20.1 Å². The maximum atomic E-state index is 9.18. The Morgan fingerprint density at radius 3 is 2.95 bits per heavy atom. The van der Waals surface area contributed by atoms with E-state index < -0.39 is 0 Å². The Hall–Kier alpha value is -1.47. The van der Waals surface area contributed by atoms with Crippen LogP contribution in [-0.4, -0.2) is 35.0 Å². The van der Waals surface area contributed by atoms with Crippen molar-refractivity contribution in [1.82, 2.24) is 14.9 Å². The highest BCUT2D eigenvalue weighted by Gasteiger charge is 2.22. The number of likely N-dealkylation sites (tertiary alicyclic amines) is 1. The largest absolute Gasteiger partial charge is 0.306 e. The molecule has 0 saturated carbocycles. The number of aromatic nitrogens is 2. The molecular formula is C15H22N4. The lowest BCUT2D eigenvalue weighted by atomic mass is 9.94. The summed E-state index contributed by atoms with van der Waals surface area (Å²) in [4.78, 5) is 11.5. The van der Waals surface area contributed by atoms with Gasteiger partial charge >= 0.3 is 0 Å². The molecule has 1 aromatic rings. The average molecular weight is 258 g/mol. The minimum Gasteiger partial charge on any atom is -0.306 e. The number of nitrogens with zero attached hydrogens (tertiary/aromatic N) is 4. The van der Waals surface area contributed by atoms with Gasteiger partial charge in [0.2, 0.25) is 0 Å². The number of nitriles is 1. The zero-order valence-electron chi connectivity index (χ0n) is 12.1. The van der Waals surface area contributed by atoms with E-state index in [9.17, 15) is 5.26 Å². The maximum absolute atomic E-state index is 9.18. The second-order valence-corrected chi connectivity index (χ2v) is 5.48. The number of aryl methyl sites for hydroxylation is 1. The predicted molar refractivity (Wildman–Crippen MR) is 74.9 cm³/mol. The van der Waals surface area contributed by atoms with Crippen molar-refractivity contribution in [2.45, 2.75) is 44.9 Å². The Bertz CT molecular complexity index is 478. The average Bonchev–Trinajstić information content (AvgIpc) is 2.39. The highest BCUT2D eigenvalue weighted by Crippen LogP contribution is 2.26. The van der Waals surface area contributed by atoms with Gasteiger partial charge in [0, 0.05) is 23.9 Å². The van der Waals surface area contributed by atoms with Crippen LogP contribution in [0.25, 0.3) is 0 Å². The fourth-order valence-corrected chi connectivity index (χ4v) is 2.72. The summed E-state index contributed by atoms with van der Waals surface area (Å²) in [7, 11) is 2.16. The maximum Gasteiger partial charge on any atom is 0.145 e. The van der Waals surface area contributed by atoms with E-state index in [1.807, 2.05) is 13.8 Å². The first-order valence-corrected chi connectivity index (χ1v) is 7.07. The first kappa shape index (κ1) is 14.0. The molecular weight excluding hydrogens is 236 g/mol. The van der Waals surface area contributed by atoms with Crippen molar-refractivity contribution >= 4 is 0 Å². The van der Waals surface area contributed by atoms with E-state index in [4.69, 9.17) is 0 Å². The van der Waals surface area contributed by atoms with Crippen molar-refractivity contribution in [3.8, 4) is 6.07 Å². The fraction of sp³-hybridized carbons (Fsp3) is 0.667. The third kappa shape index (κ3) is 3.30. The van der Waals surface area contributed by atoms with Crippen LogP contribution in [0.3, 0.4) is 0 Å². The lowest BCUT2D eigenvalue weighted by Gasteiger charge is -2.29. The standard InChI is InChI=1S/C15H22N4/c1-4-12(9-16)15-17-11(2)8-14(18-15)13-6-5-7-19(3)10-13/h8,12-13H,4-7,10H2,1-3H3. The topological polar surface area (TPSA) is 52.8 Å². The van der Waals surface area contributed by atoms with Gasteiger partial charge in [0.15, 0.2) is 0 Å². The molecule has 0 bridgehead atoms. The number of rotatable bonds is 3. The van der Waals surface area contributed by atoms with Crippen LogP contribution in [0.2, 0.25) is 0 Å². The minimum atomic E-state index is -0.181. The van der Waals surface area contributed by atoms with E-state index in [-0.39, 0.29) is 5.92 Å². The molecule has 0 aromatic carbocycles. The lowest BCUT2D eigenvalue weighted by molar-refractivity contribution is 0.248. The third-order valence-electron chi connectivity index (χ3n) is 3.81. The molecule has 102 valence electrons. The first-order valence-electron chi connectivity index (χ1n) is 7.07. The Morgan fingerprint density at radius 1 is 1.53 bits per heavy atom. The summed E-state index contributed by atoms with van der Waals surface area (Å²) >= 11 is 0. The van der Waals surface area contributed by atoms with Gasteiger partial charge in [-0.05, 0) is 45.8 Å². The van der Waals surface area contributed by atoms with Crippen LogP contribution < -0.4 is 0 Å². The fourth-order valence-electron chi connectivity index (χ4n) is 2.72. The van der Waals surface area contributed by atoms with Crippen LogP contribution in [0.1, 0.15) is 55.2 Å². The van der Waals surface area contributed by atoms with Gasteiger partial charge in [-0.2, -0.15) is 5.26 Å². The number of likely N-dealkylation sites (N-methyl/N-ethyl adjacent to an activating group) is 1. The van der Waals surface area contributed by atoms with Crippen LogP contribution in [0.5, 0.6) is 0 Å².